The molecule has 1 nitrogen and oxygen atoms in total. The standard InChI is InChI=1S/C14H11BrClFO/c1-9-6-11(3-4-13(9)16)18-8-10-2-5-14(17)12(15)7-10/h2-7H,8H2,1H3. The molecule has 0 aliphatic rings. The Balaban J connectivity index is 2.06. The van der Waals surface area contributed by atoms with Crippen LogP contribution < -0.4 is 4.74 Å². The smallest absolute Gasteiger partial charge is 0.137 e. The van der Waals surface area contributed by atoms with Crippen molar-refractivity contribution in [1.82, 2.24) is 0 Å². The second-order valence-electron chi connectivity index (χ2n) is 3.95. The Hall–Kier alpha value is -1.06. The van der Waals surface area contributed by atoms with Crippen LogP contribution in [0.25, 0.3) is 0 Å². The highest BCUT2D eigenvalue weighted by molar-refractivity contribution is 9.10. The Labute approximate surface area is 119 Å². The molecule has 2 aromatic carbocycles. The van der Waals surface area contributed by atoms with Gasteiger partial charge in [0.1, 0.15) is 18.2 Å². The first-order valence-electron chi connectivity index (χ1n) is 5.39. The number of rotatable bonds is 3. The maximum absolute atomic E-state index is 13.1. The molecular weight excluding hydrogens is 319 g/mol. The van der Waals surface area contributed by atoms with E-state index in [4.69, 9.17) is 16.3 Å². The highest BCUT2D eigenvalue weighted by Crippen LogP contribution is 2.22. The lowest BCUT2D eigenvalue weighted by Gasteiger charge is -2.08. The van der Waals surface area contributed by atoms with Crippen molar-refractivity contribution >= 4 is 27.5 Å². The summed E-state index contributed by atoms with van der Waals surface area (Å²) >= 11 is 9.08. The topological polar surface area (TPSA) is 9.23 Å². The lowest BCUT2D eigenvalue weighted by atomic mass is 10.2. The van der Waals surface area contributed by atoms with Gasteiger partial charge in [-0.2, -0.15) is 0 Å². The molecule has 2 rings (SSSR count). The van der Waals surface area contributed by atoms with Crippen molar-refractivity contribution in [1.29, 1.82) is 0 Å². The van der Waals surface area contributed by atoms with Crippen LogP contribution in [-0.4, -0.2) is 0 Å². The van der Waals surface area contributed by atoms with Crippen LogP contribution in [0.15, 0.2) is 40.9 Å². The van der Waals surface area contributed by atoms with Gasteiger partial charge in [0.05, 0.1) is 4.47 Å². The Morgan fingerprint density at radius 2 is 2.00 bits per heavy atom. The van der Waals surface area contributed by atoms with Gasteiger partial charge in [0.25, 0.3) is 0 Å². The average Bonchev–Trinajstić information content (AvgIpc) is 2.35. The van der Waals surface area contributed by atoms with Gasteiger partial charge in [-0.15, -0.1) is 0 Å². The zero-order valence-electron chi connectivity index (χ0n) is 9.71. The highest BCUT2D eigenvalue weighted by atomic mass is 79.9. The first kappa shape index (κ1) is 13.4. The number of ether oxygens (including phenoxy) is 1. The fraction of sp³-hybridized carbons (Fsp3) is 0.143. The number of hydrogen-bond donors (Lipinski definition) is 0. The molecule has 0 radical (unpaired) electrons. The normalized spacial score (nSPS) is 10.4. The summed E-state index contributed by atoms with van der Waals surface area (Å²) < 4.78 is 19.1. The summed E-state index contributed by atoms with van der Waals surface area (Å²) in [5.74, 6) is 0.471. The van der Waals surface area contributed by atoms with Gasteiger partial charge in [0.2, 0.25) is 0 Å². The monoisotopic (exact) mass is 328 g/mol. The van der Waals surface area contributed by atoms with Crippen molar-refractivity contribution in [2.24, 2.45) is 0 Å². The van der Waals surface area contributed by atoms with E-state index in [0.29, 0.717) is 16.1 Å². The minimum absolute atomic E-state index is 0.277. The third-order valence-corrected chi connectivity index (χ3v) is 3.55. The van der Waals surface area contributed by atoms with Crippen molar-refractivity contribution in [2.75, 3.05) is 0 Å². The average molecular weight is 330 g/mol. The molecule has 18 heavy (non-hydrogen) atoms. The lowest BCUT2D eigenvalue weighted by Crippen LogP contribution is -1.96. The fourth-order valence-corrected chi connectivity index (χ4v) is 2.05. The van der Waals surface area contributed by atoms with E-state index in [0.717, 1.165) is 16.9 Å². The molecule has 0 N–H and O–H groups in total. The predicted molar refractivity (Wildman–Crippen MR) is 74.6 cm³/mol. The summed E-state index contributed by atoms with van der Waals surface area (Å²) in [4.78, 5) is 0. The Morgan fingerprint density at radius 3 is 2.67 bits per heavy atom. The van der Waals surface area contributed by atoms with Crippen molar-refractivity contribution in [3.8, 4) is 5.75 Å². The summed E-state index contributed by atoms with van der Waals surface area (Å²) in [6.07, 6.45) is 0. The molecule has 0 aliphatic heterocycles. The molecule has 0 aromatic heterocycles. The van der Waals surface area contributed by atoms with E-state index in [2.05, 4.69) is 15.9 Å². The zero-order valence-corrected chi connectivity index (χ0v) is 12.1. The molecule has 4 heteroatoms. The number of benzene rings is 2. The van der Waals surface area contributed by atoms with Gasteiger partial charge in [0, 0.05) is 5.02 Å². The highest BCUT2D eigenvalue weighted by Gasteiger charge is 2.02. The maximum Gasteiger partial charge on any atom is 0.137 e. The number of hydrogen-bond acceptors (Lipinski definition) is 1. The van der Waals surface area contributed by atoms with Crippen molar-refractivity contribution in [3.05, 3.63) is 62.8 Å². The Bertz CT molecular complexity index is 520. The van der Waals surface area contributed by atoms with Crippen molar-refractivity contribution < 1.29 is 9.13 Å². The quantitative estimate of drug-likeness (QED) is 0.758. The van der Waals surface area contributed by atoms with E-state index in [-0.39, 0.29) is 5.82 Å². The molecule has 0 unspecified atom stereocenters. The third-order valence-electron chi connectivity index (χ3n) is 2.52. The van der Waals surface area contributed by atoms with Crippen molar-refractivity contribution in [3.63, 3.8) is 0 Å². The fourth-order valence-electron chi connectivity index (χ4n) is 1.50. The molecule has 0 saturated heterocycles. The molecule has 0 amide bonds. The minimum atomic E-state index is -0.277. The van der Waals surface area contributed by atoms with Crippen molar-refractivity contribution in [2.45, 2.75) is 13.5 Å². The largest absolute Gasteiger partial charge is 0.489 e. The molecule has 0 atom stereocenters. The zero-order chi connectivity index (χ0) is 13.1. The molecule has 0 saturated carbocycles. The summed E-state index contributed by atoms with van der Waals surface area (Å²) in [6.45, 7) is 2.31. The van der Waals surface area contributed by atoms with Gasteiger partial charge in [-0.05, 0) is 64.3 Å². The number of halogens is 3. The van der Waals surface area contributed by atoms with Crippen LogP contribution in [0.3, 0.4) is 0 Å². The van der Waals surface area contributed by atoms with Gasteiger partial charge in [-0.25, -0.2) is 4.39 Å². The van der Waals surface area contributed by atoms with E-state index < -0.39 is 0 Å². The van der Waals surface area contributed by atoms with Crippen LogP contribution in [-0.2, 0) is 6.61 Å². The van der Waals surface area contributed by atoms with Crippen LogP contribution >= 0.6 is 27.5 Å². The van der Waals surface area contributed by atoms with E-state index in [1.54, 1.807) is 18.2 Å². The van der Waals surface area contributed by atoms with Gasteiger partial charge < -0.3 is 4.74 Å². The molecule has 94 valence electrons. The first-order valence-corrected chi connectivity index (χ1v) is 6.56. The second-order valence-corrected chi connectivity index (χ2v) is 5.21. The maximum atomic E-state index is 13.1. The second kappa shape index (κ2) is 5.72. The summed E-state index contributed by atoms with van der Waals surface area (Å²) in [5, 5.41) is 0.715. The van der Waals surface area contributed by atoms with Gasteiger partial charge in [-0.1, -0.05) is 17.7 Å². The molecule has 0 heterocycles. The Kier molecular flexibility index (Phi) is 4.25. The molecule has 0 fully saturated rings. The summed E-state index contributed by atoms with van der Waals surface area (Å²) in [5.41, 5.74) is 1.87. The van der Waals surface area contributed by atoms with Crippen LogP contribution in [0.2, 0.25) is 5.02 Å². The molecule has 2 aromatic rings. The predicted octanol–water partition coefficient (Wildman–Crippen LogP) is 5.13. The van der Waals surface area contributed by atoms with Crippen LogP contribution in [0.5, 0.6) is 5.75 Å². The van der Waals surface area contributed by atoms with Crippen LogP contribution in [0.4, 0.5) is 4.39 Å². The van der Waals surface area contributed by atoms with Gasteiger partial charge in [-0.3, -0.25) is 0 Å². The summed E-state index contributed by atoms with van der Waals surface area (Å²) in [7, 11) is 0. The lowest BCUT2D eigenvalue weighted by molar-refractivity contribution is 0.306. The first-order chi connectivity index (χ1) is 8.56. The van der Waals surface area contributed by atoms with E-state index in [1.165, 1.54) is 6.07 Å². The van der Waals surface area contributed by atoms with E-state index in [1.807, 2.05) is 19.1 Å². The van der Waals surface area contributed by atoms with Gasteiger partial charge >= 0.3 is 0 Å². The molecule has 0 spiro atoms. The minimum Gasteiger partial charge on any atom is -0.489 e. The van der Waals surface area contributed by atoms with E-state index in [9.17, 15) is 4.39 Å². The SMILES string of the molecule is Cc1cc(OCc2ccc(F)c(Br)c2)ccc1Cl. The van der Waals surface area contributed by atoms with Crippen LogP contribution in [0.1, 0.15) is 11.1 Å². The van der Waals surface area contributed by atoms with Crippen LogP contribution in [0, 0.1) is 12.7 Å². The van der Waals surface area contributed by atoms with E-state index >= 15 is 0 Å². The Morgan fingerprint density at radius 1 is 1.22 bits per heavy atom. The number of aryl methyl sites for hydroxylation is 1. The molecule has 0 aliphatic carbocycles. The van der Waals surface area contributed by atoms with Gasteiger partial charge in [0.15, 0.2) is 0 Å². The summed E-state index contributed by atoms with van der Waals surface area (Å²) in [6, 6.07) is 10.3. The molecular formula is C14H11BrClFO. The third kappa shape index (κ3) is 3.24. The molecule has 0 bridgehead atoms.